The van der Waals surface area contributed by atoms with Crippen molar-refractivity contribution < 1.29 is 14.3 Å². The van der Waals surface area contributed by atoms with Crippen molar-refractivity contribution >= 4 is 51.4 Å². The van der Waals surface area contributed by atoms with Gasteiger partial charge in [0.25, 0.3) is 5.56 Å². The fourth-order valence-corrected chi connectivity index (χ4v) is 7.92. The Morgan fingerprint density at radius 2 is 1.80 bits per heavy atom. The number of pyridine rings is 2. The first kappa shape index (κ1) is 31.7. The van der Waals surface area contributed by atoms with E-state index in [1.54, 1.807) is 20.4 Å². The average molecular weight is 699 g/mol. The Balaban J connectivity index is 1.11. The minimum absolute atomic E-state index is 0.0671. The Morgan fingerprint density at radius 3 is 2.55 bits per heavy atom. The van der Waals surface area contributed by atoms with Crippen molar-refractivity contribution in [1.82, 2.24) is 30.0 Å². The van der Waals surface area contributed by atoms with E-state index in [4.69, 9.17) is 37.7 Å². The number of carbonyl (C=O) groups is 1. The largest absolute Gasteiger partial charge is 0.481 e. The molecule has 49 heavy (non-hydrogen) atoms. The molecule has 2 saturated heterocycles. The lowest BCUT2D eigenvalue weighted by molar-refractivity contribution is -0.179. The molecule has 5 aromatic rings. The van der Waals surface area contributed by atoms with Gasteiger partial charge in [-0.2, -0.15) is 5.10 Å². The highest BCUT2D eigenvalue weighted by Crippen LogP contribution is 2.47. The van der Waals surface area contributed by atoms with Crippen LogP contribution in [0.15, 0.2) is 59.5 Å². The third-order valence-electron chi connectivity index (χ3n) is 9.74. The summed E-state index contributed by atoms with van der Waals surface area (Å²) in [6, 6.07) is 15.5. The topological polar surface area (TPSA) is 124 Å². The highest BCUT2D eigenvalue weighted by Gasteiger charge is 2.50. The molecule has 1 aliphatic carbocycles. The lowest BCUT2D eigenvalue weighted by atomic mass is 9.89. The number of carbonyl (C=O) groups excluding carboxylic acids is 1. The van der Waals surface area contributed by atoms with E-state index >= 15 is 0 Å². The molecular weight excluding hydrogens is 665 g/mol. The number of aryl methyl sites for hydroxylation is 3. The van der Waals surface area contributed by atoms with E-state index in [1.807, 2.05) is 49.4 Å². The second-order valence-electron chi connectivity index (χ2n) is 12.9. The van der Waals surface area contributed by atoms with Gasteiger partial charge in [0.1, 0.15) is 18.0 Å². The van der Waals surface area contributed by atoms with Crippen LogP contribution in [0.5, 0.6) is 5.88 Å². The molecule has 1 amide bonds. The van der Waals surface area contributed by atoms with Crippen molar-refractivity contribution in [2.24, 2.45) is 7.05 Å². The van der Waals surface area contributed by atoms with Crippen LogP contribution < -0.4 is 20.9 Å². The second-order valence-corrected chi connectivity index (χ2v) is 13.7. The van der Waals surface area contributed by atoms with Crippen LogP contribution in [0.4, 0.5) is 11.5 Å². The predicted octanol–water partition coefficient (Wildman–Crippen LogP) is 5.61. The van der Waals surface area contributed by atoms with Gasteiger partial charge in [0.2, 0.25) is 11.8 Å². The summed E-state index contributed by atoms with van der Waals surface area (Å²) in [5.74, 6) is 0.914. The molecule has 2 aliphatic heterocycles. The predicted molar refractivity (Wildman–Crippen MR) is 189 cm³/mol. The highest BCUT2D eigenvalue weighted by molar-refractivity contribution is 6.39. The fraction of sp³-hybridized carbons (Fsp3) is 0.306. The zero-order chi connectivity index (χ0) is 34.0. The molecule has 2 aromatic carbocycles. The number of methoxy groups -OCH3 is 1. The van der Waals surface area contributed by atoms with E-state index in [-0.39, 0.29) is 29.7 Å². The Labute approximate surface area is 292 Å². The number of hydrogen-bond donors (Lipinski definition) is 2. The summed E-state index contributed by atoms with van der Waals surface area (Å²) in [4.78, 5) is 36.6. The monoisotopic (exact) mass is 697 g/mol. The van der Waals surface area contributed by atoms with Crippen LogP contribution in [-0.2, 0) is 23.0 Å². The third-order valence-corrected chi connectivity index (χ3v) is 10.6. The van der Waals surface area contributed by atoms with Gasteiger partial charge in [0.05, 0.1) is 40.1 Å². The smallest absolute Gasteiger partial charge is 0.278 e. The minimum atomic E-state index is -0.321. The number of amides is 1. The van der Waals surface area contributed by atoms with Crippen LogP contribution in [0, 0.1) is 6.92 Å². The van der Waals surface area contributed by atoms with Crippen LogP contribution >= 0.6 is 23.2 Å². The van der Waals surface area contributed by atoms with Gasteiger partial charge in [-0.1, -0.05) is 53.5 Å². The normalized spacial score (nSPS) is 18.3. The second kappa shape index (κ2) is 12.1. The summed E-state index contributed by atoms with van der Waals surface area (Å²) in [6.07, 6.45) is 3.47. The number of likely N-dealkylation sites (tertiary alicyclic amines) is 1. The molecule has 2 N–H and O–H groups in total. The van der Waals surface area contributed by atoms with Gasteiger partial charge < -0.3 is 20.1 Å². The maximum absolute atomic E-state index is 13.0. The molecule has 0 radical (unpaired) electrons. The summed E-state index contributed by atoms with van der Waals surface area (Å²) >= 11 is 14.2. The summed E-state index contributed by atoms with van der Waals surface area (Å²) in [7, 11) is 3.25. The SMILES string of the molecule is COc1nc(-c2cccc(-c3cccc(Nc4nc(C)cc5cnn(C)c(=O)c45)c3Cl)c2Cl)cc2c1[C@@H](N1CC3(CNC(=O)CO3)C1)CC2. The molecule has 3 aliphatic rings. The molecule has 1 atom stereocenters. The lowest BCUT2D eigenvalue weighted by Crippen LogP contribution is -2.70. The van der Waals surface area contributed by atoms with Crippen molar-refractivity contribution in [3.63, 3.8) is 0 Å². The maximum Gasteiger partial charge on any atom is 0.278 e. The first-order chi connectivity index (χ1) is 23.6. The summed E-state index contributed by atoms with van der Waals surface area (Å²) in [6.45, 7) is 3.99. The molecule has 250 valence electrons. The van der Waals surface area contributed by atoms with Gasteiger partial charge in [0.15, 0.2) is 0 Å². The van der Waals surface area contributed by atoms with E-state index in [0.29, 0.717) is 56.0 Å². The van der Waals surface area contributed by atoms with Gasteiger partial charge in [-0.05, 0) is 43.5 Å². The number of nitrogens with one attached hydrogen (secondary N) is 2. The first-order valence-corrected chi connectivity index (χ1v) is 16.8. The summed E-state index contributed by atoms with van der Waals surface area (Å²) < 4.78 is 13.1. The third kappa shape index (κ3) is 5.41. The maximum atomic E-state index is 13.0. The molecule has 1 spiro atoms. The van der Waals surface area contributed by atoms with Crippen LogP contribution in [0.25, 0.3) is 33.2 Å². The van der Waals surface area contributed by atoms with Crippen molar-refractivity contribution in [2.45, 2.75) is 31.4 Å². The number of benzene rings is 2. The summed E-state index contributed by atoms with van der Waals surface area (Å²) in [5.41, 5.74) is 5.93. The number of hydrogen-bond acceptors (Lipinski definition) is 9. The molecule has 0 bridgehead atoms. The van der Waals surface area contributed by atoms with Crippen molar-refractivity contribution in [3.05, 3.63) is 91.9 Å². The highest BCUT2D eigenvalue weighted by atomic mass is 35.5. The standard InChI is InChI=1S/C36H33Cl2N7O4/c1-19-12-21-14-40-44(2)35(47)30(21)33(41-19)42-25-9-5-7-23(32(25)38)22-6-4-8-24(31(22)37)26-13-20-10-11-27(29(20)34(43-26)48-3)45-17-36(18-45)16-39-28(46)15-49-36/h4-9,12-14,27H,10-11,15-18H2,1-3H3,(H,39,46)(H,41,42)/t27-/m0/s1. The number of fused-ring (bicyclic) bond motifs is 2. The fourth-order valence-electron chi connectivity index (χ4n) is 7.32. The van der Waals surface area contributed by atoms with Crippen LogP contribution in [0.1, 0.15) is 29.3 Å². The first-order valence-electron chi connectivity index (χ1n) is 16.1. The molecular formula is C36H33Cl2N7O4. The molecule has 8 rings (SSSR count). The van der Waals surface area contributed by atoms with E-state index in [1.165, 1.54) is 10.2 Å². The Morgan fingerprint density at radius 1 is 1.04 bits per heavy atom. The van der Waals surface area contributed by atoms with Crippen LogP contribution in [0.2, 0.25) is 10.0 Å². The summed E-state index contributed by atoms with van der Waals surface area (Å²) in [5, 5.41) is 12.4. The quantitative estimate of drug-likeness (QED) is 0.233. The molecule has 0 saturated carbocycles. The van der Waals surface area contributed by atoms with Gasteiger partial charge in [-0.25, -0.2) is 14.6 Å². The number of halogens is 2. The van der Waals surface area contributed by atoms with E-state index < -0.39 is 0 Å². The molecule has 13 heteroatoms. The Hall–Kier alpha value is -4.55. The van der Waals surface area contributed by atoms with E-state index in [9.17, 15) is 9.59 Å². The molecule has 5 heterocycles. The van der Waals surface area contributed by atoms with Gasteiger partial charge in [0, 0.05) is 66.1 Å². The minimum Gasteiger partial charge on any atom is -0.481 e. The number of ether oxygens (including phenoxy) is 2. The van der Waals surface area contributed by atoms with Crippen molar-refractivity contribution in [3.8, 4) is 28.3 Å². The number of nitrogens with zero attached hydrogens (tertiary/aromatic N) is 5. The van der Waals surface area contributed by atoms with Crippen molar-refractivity contribution in [1.29, 1.82) is 0 Å². The number of aromatic nitrogens is 4. The van der Waals surface area contributed by atoms with Crippen LogP contribution in [-0.4, -0.2) is 69.5 Å². The Kier molecular flexibility index (Phi) is 7.83. The van der Waals surface area contributed by atoms with E-state index in [2.05, 4.69) is 31.7 Å². The zero-order valence-corrected chi connectivity index (χ0v) is 28.7. The van der Waals surface area contributed by atoms with Gasteiger partial charge >= 0.3 is 0 Å². The van der Waals surface area contributed by atoms with Crippen molar-refractivity contribution in [2.75, 3.05) is 38.7 Å². The van der Waals surface area contributed by atoms with Gasteiger partial charge in [-0.15, -0.1) is 0 Å². The lowest BCUT2D eigenvalue weighted by Gasteiger charge is -2.53. The zero-order valence-electron chi connectivity index (χ0n) is 27.1. The molecule has 3 aromatic heterocycles. The number of anilines is 2. The van der Waals surface area contributed by atoms with Crippen LogP contribution in [0.3, 0.4) is 0 Å². The average Bonchev–Trinajstić information content (AvgIpc) is 3.50. The van der Waals surface area contributed by atoms with E-state index in [0.717, 1.165) is 48.3 Å². The van der Waals surface area contributed by atoms with Gasteiger partial charge in [-0.3, -0.25) is 14.5 Å². The molecule has 2 fully saturated rings. The molecule has 11 nitrogen and oxygen atoms in total. The molecule has 0 unspecified atom stereocenters. The Bertz CT molecular complexity index is 2220. The number of morpholine rings is 1. The number of rotatable bonds is 6.